The van der Waals surface area contributed by atoms with Crippen molar-refractivity contribution in [3.8, 4) is 0 Å². The maximum absolute atomic E-state index is 12.7. The van der Waals surface area contributed by atoms with Gasteiger partial charge in [-0.25, -0.2) is 4.98 Å². The molecule has 7 nitrogen and oxygen atoms in total. The van der Waals surface area contributed by atoms with Crippen molar-refractivity contribution in [1.82, 2.24) is 14.5 Å². The summed E-state index contributed by atoms with van der Waals surface area (Å²) in [5.74, 6) is 1.06. The molecule has 1 rings (SSSR count). The minimum atomic E-state index is -0.00188. The molecule has 1 heterocycles. The summed E-state index contributed by atoms with van der Waals surface area (Å²) in [6, 6.07) is 0. The molecule has 1 aromatic rings. The van der Waals surface area contributed by atoms with Gasteiger partial charge in [-0.15, -0.1) is 0 Å². The summed E-state index contributed by atoms with van der Waals surface area (Å²) in [4.78, 5) is 32.2. The molecule has 0 aliphatic rings. The van der Waals surface area contributed by atoms with E-state index in [0.717, 1.165) is 77.5 Å². The number of nitrogens with zero attached hydrogens (tertiary/aromatic N) is 3. The molecule has 0 spiro atoms. The maximum atomic E-state index is 12.7. The smallest absolute Gasteiger partial charge is 0.305 e. The van der Waals surface area contributed by atoms with E-state index in [9.17, 15) is 9.59 Å². The quantitative estimate of drug-likeness (QED) is 0.0482. The van der Waals surface area contributed by atoms with Crippen LogP contribution in [0.4, 0.5) is 0 Å². The molecule has 1 aromatic heterocycles. The number of esters is 2. The number of rotatable bonds is 45. The normalized spacial score (nSPS) is 12.6. The summed E-state index contributed by atoms with van der Waals surface area (Å²) in [5, 5.41) is 0. The van der Waals surface area contributed by atoms with E-state index in [-0.39, 0.29) is 11.9 Å². The van der Waals surface area contributed by atoms with Crippen molar-refractivity contribution in [3.63, 3.8) is 0 Å². The average Bonchev–Trinajstić information content (AvgIpc) is 3.75. The van der Waals surface area contributed by atoms with E-state index in [1.807, 2.05) is 18.7 Å². The fourth-order valence-electron chi connectivity index (χ4n) is 8.31. The Balaban J connectivity index is 2.37. The minimum Gasteiger partial charge on any atom is -0.465 e. The summed E-state index contributed by atoms with van der Waals surface area (Å²) in [6.07, 6.45) is 46.3. The molecule has 0 amide bonds. The van der Waals surface area contributed by atoms with Crippen molar-refractivity contribution in [1.29, 1.82) is 0 Å². The van der Waals surface area contributed by atoms with Crippen molar-refractivity contribution in [3.05, 3.63) is 18.7 Å². The van der Waals surface area contributed by atoms with Crippen LogP contribution in [-0.2, 0) is 25.6 Å². The molecule has 0 saturated heterocycles. The third kappa shape index (κ3) is 34.9. The van der Waals surface area contributed by atoms with Gasteiger partial charge in [0.05, 0.1) is 19.5 Å². The standard InChI is InChI=1S/C51H97N3O4/c1-5-9-13-17-19-26-35-48(33-24-15-11-7-3)45-57-50(55)37-28-21-22-30-40-53(42-32-43-54-44-39-52-47-54)41-31-23-29-38-51(56)58-46-49(34-25-16-12-8-4)36-27-20-18-14-10-6-2/h39,44,47-49H,5-38,40-43,45-46H2,1-4H3. The SMILES string of the molecule is CCCCCCCCC(CCCCCC)COC(=O)CCCCCCN(CCCCCC(=O)OCC(CCCCCC)CCCCCCCC)CCCn1ccnc1. The molecule has 0 aliphatic carbocycles. The van der Waals surface area contributed by atoms with Crippen LogP contribution in [0.5, 0.6) is 0 Å². The molecule has 0 aliphatic heterocycles. The first kappa shape index (κ1) is 54.1. The third-order valence-corrected chi connectivity index (χ3v) is 12.2. The monoisotopic (exact) mass is 816 g/mol. The molecule has 2 atom stereocenters. The van der Waals surface area contributed by atoms with Crippen LogP contribution in [0.25, 0.3) is 0 Å². The molecule has 0 N–H and O–H groups in total. The van der Waals surface area contributed by atoms with Gasteiger partial charge in [0.1, 0.15) is 0 Å². The van der Waals surface area contributed by atoms with Gasteiger partial charge in [0.2, 0.25) is 0 Å². The van der Waals surface area contributed by atoms with Gasteiger partial charge in [0.25, 0.3) is 0 Å². The van der Waals surface area contributed by atoms with E-state index in [4.69, 9.17) is 9.47 Å². The number of carbonyl (C=O) groups excluding carboxylic acids is 2. The van der Waals surface area contributed by atoms with Gasteiger partial charge in [0.15, 0.2) is 0 Å². The van der Waals surface area contributed by atoms with Crippen molar-refractivity contribution in [2.45, 2.75) is 253 Å². The van der Waals surface area contributed by atoms with E-state index in [2.05, 4.69) is 42.1 Å². The number of aryl methyl sites for hydroxylation is 1. The number of unbranched alkanes of at least 4 members (excludes halogenated alkanes) is 21. The Labute approximate surface area is 360 Å². The van der Waals surface area contributed by atoms with Gasteiger partial charge in [-0.1, -0.05) is 175 Å². The van der Waals surface area contributed by atoms with Crippen molar-refractivity contribution in [2.24, 2.45) is 11.8 Å². The molecule has 0 fully saturated rings. The lowest BCUT2D eigenvalue weighted by Gasteiger charge is -2.22. The van der Waals surface area contributed by atoms with Crippen LogP contribution >= 0.6 is 0 Å². The zero-order valence-electron chi connectivity index (χ0n) is 39.1. The van der Waals surface area contributed by atoms with Crippen molar-refractivity contribution < 1.29 is 19.1 Å². The number of imidazole rings is 1. The Kier molecular flexibility index (Phi) is 39.0. The van der Waals surface area contributed by atoms with Gasteiger partial charge >= 0.3 is 11.9 Å². The van der Waals surface area contributed by atoms with Crippen LogP contribution < -0.4 is 0 Å². The highest BCUT2D eigenvalue weighted by Crippen LogP contribution is 2.22. The van der Waals surface area contributed by atoms with E-state index in [1.165, 1.54) is 154 Å². The second-order valence-corrected chi connectivity index (χ2v) is 17.9. The molecule has 340 valence electrons. The van der Waals surface area contributed by atoms with E-state index in [0.29, 0.717) is 37.9 Å². The van der Waals surface area contributed by atoms with Crippen LogP contribution in [0.1, 0.15) is 246 Å². The first-order valence-electron chi connectivity index (χ1n) is 25.5. The highest BCUT2D eigenvalue weighted by atomic mass is 16.5. The lowest BCUT2D eigenvalue weighted by atomic mass is 9.95. The van der Waals surface area contributed by atoms with Crippen molar-refractivity contribution >= 4 is 11.9 Å². The summed E-state index contributed by atoms with van der Waals surface area (Å²) < 4.78 is 13.9. The molecule has 7 heteroatoms. The predicted molar refractivity (Wildman–Crippen MR) is 247 cm³/mol. The van der Waals surface area contributed by atoms with Gasteiger partial charge in [0, 0.05) is 31.8 Å². The fourth-order valence-corrected chi connectivity index (χ4v) is 8.31. The van der Waals surface area contributed by atoms with Crippen LogP contribution in [0.15, 0.2) is 18.7 Å². The maximum Gasteiger partial charge on any atom is 0.305 e. The second kappa shape index (κ2) is 41.8. The molecule has 0 aromatic carbocycles. The highest BCUT2D eigenvalue weighted by Gasteiger charge is 2.14. The van der Waals surface area contributed by atoms with Crippen LogP contribution in [0.2, 0.25) is 0 Å². The first-order valence-corrected chi connectivity index (χ1v) is 25.5. The van der Waals surface area contributed by atoms with E-state index in [1.54, 1.807) is 0 Å². The number of carbonyl (C=O) groups is 2. The van der Waals surface area contributed by atoms with Crippen LogP contribution in [0.3, 0.4) is 0 Å². The Morgan fingerprint density at radius 2 is 0.845 bits per heavy atom. The van der Waals surface area contributed by atoms with Crippen LogP contribution in [-0.4, -0.2) is 59.2 Å². The zero-order chi connectivity index (χ0) is 42.0. The molecule has 0 bridgehead atoms. The molecule has 2 unspecified atom stereocenters. The zero-order valence-corrected chi connectivity index (χ0v) is 39.1. The molecular formula is C51H97N3O4. The Bertz CT molecular complexity index is 1000. The van der Waals surface area contributed by atoms with Gasteiger partial charge < -0.3 is 18.9 Å². The topological polar surface area (TPSA) is 73.7 Å². The molecule has 0 saturated carbocycles. The summed E-state index contributed by atoms with van der Waals surface area (Å²) >= 11 is 0. The molecule has 58 heavy (non-hydrogen) atoms. The Morgan fingerprint density at radius 3 is 1.28 bits per heavy atom. The lowest BCUT2D eigenvalue weighted by molar-refractivity contribution is -0.146. The Morgan fingerprint density at radius 1 is 0.483 bits per heavy atom. The first-order chi connectivity index (χ1) is 28.5. The minimum absolute atomic E-state index is 0.00177. The number of ether oxygens (including phenoxy) is 2. The molecule has 0 radical (unpaired) electrons. The number of aromatic nitrogens is 2. The van der Waals surface area contributed by atoms with Gasteiger partial charge in [-0.3, -0.25) is 9.59 Å². The third-order valence-electron chi connectivity index (χ3n) is 12.2. The Hall–Kier alpha value is -1.89. The van der Waals surface area contributed by atoms with E-state index >= 15 is 0 Å². The van der Waals surface area contributed by atoms with Crippen molar-refractivity contribution in [2.75, 3.05) is 32.8 Å². The highest BCUT2D eigenvalue weighted by molar-refractivity contribution is 5.69. The largest absolute Gasteiger partial charge is 0.465 e. The van der Waals surface area contributed by atoms with Crippen LogP contribution in [0, 0.1) is 11.8 Å². The second-order valence-electron chi connectivity index (χ2n) is 17.9. The predicted octanol–water partition coefficient (Wildman–Crippen LogP) is 14.8. The summed E-state index contributed by atoms with van der Waals surface area (Å²) in [6.45, 7) is 14.5. The lowest BCUT2D eigenvalue weighted by Crippen LogP contribution is -2.28. The average molecular weight is 816 g/mol. The van der Waals surface area contributed by atoms with Gasteiger partial charge in [-0.05, 0) is 89.3 Å². The molecular weight excluding hydrogens is 719 g/mol. The van der Waals surface area contributed by atoms with E-state index < -0.39 is 0 Å². The number of hydrogen-bond donors (Lipinski definition) is 0. The summed E-state index contributed by atoms with van der Waals surface area (Å²) in [5.41, 5.74) is 0. The summed E-state index contributed by atoms with van der Waals surface area (Å²) in [7, 11) is 0. The fraction of sp³-hybridized carbons (Fsp3) is 0.902. The van der Waals surface area contributed by atoms with Gasteiger partial charge in [-0.2, -0.15) is 0 Å². The number of hydrogen-bond acceptors (Lipinski definition) is 6.